The average Bonchev–Trinajstić information content (AvgIpc) is 2.25. The van der Waals surface area contributed by atoms with Gasteiger partial charge in [0.1, 0.15) is 0 Å². The van der Waals surface area contributed by atoms with E-state index >= 15 is 0 Å². The lowest BCUT2D eigenvalue weighted by Crippen LogP contribution is -2.31. The Hall–Kier alpha value is -0.920. The quantitative estimate of drug-likeness (QED) is 0.672. The van der Waals surface area contributed by atoms with Gasteiger partial charge in [0.15, 0.2) is 0 Å². The largest absolute Gasteiger partial charge is 0.328 e. The van der Waals surface area contributed by atoms with Gasteiger partial charge in [0.2, 0.25) is 0 Å². The zero-order valence-corrected chi connectivity index (χ0v) is 11.4. The molecular weight excluding hydrogens is 286 g/mol. The van der Waals surface area contributed by atoms with Crippen LogP contribution in [0.1, 0.15) is 17.3 Å². The van der Waals surface area contributed by atoms with Crippen molar-refractivity contribution in [3.8, 4) is 12.3 Å². The number of hydrogen-bond acceptors (Lipinski definition) is 2. The Morgan fingerprint density at radius 1 is 1.62 bits per heavy atom. The van der Waals surface area contributed by atoms with Crippen molar-refractivity contribution in [3.63, 3.8) is 0 Å². The van der Waals surface area contributed by atoms with Crippen LogP contribution in [-0.4, -0.2) is 23.9 Å². The molecule has 0 N–H and O–H groups in total. The maximum atomic E-state index is 12.1. The SMILES string of the molecule is C#CCN(CC)C(=O)c1ccc(Br)cc1S. The summed E-state index contributed by atoms with van der Waals surface area (Å²) in [5.74, 6) is 2.39. The summed E-state index contributed by atoms with van der Waals surface area (Å²) in [7, 11) is 0. The highest BCUT2D eigenvalue weighted by Crippen LogP contribution is 2.21. The highest BCUT2D eigenvalue weighted by atomic mass is 79.9. The van der Waals surface area contributed by atoms with Crippen LogP contribution in [0.2, 0.25) is 0 Å². The highest BCUT2D eigenvalue weighted by molar-refractivity contribution is 9.10. The van der Waals surface area contributed by atoms with Gasteiger partial charge in [-0.05, 0) is 25.1 Å². The molecule has 4 heteroatoms. The van der Waals surface area contributed by atoms with Crippen LogP contribution in [0, 0.1) is 12.3 Å². The van der Waals surface area contributed by atoms with Crippen molar-refractivity contribution in [2.24, 2.45) is 0 Å². The molecule has 0 spiro atoms. The van der Waals surface area contributed by atoms with Gasteiger partial charge in [-0.2, -0.15) is 0 Å². The van der Waals surface area contributed by atoms with Gasteiger partial charge in [-0.15, -0.1) is 19.1 Å². The Labute approximate surface area is 110 Å². The summed E-state index contributed by atoms with van der Waals surface area (Å²) < 4.78 is 0.897. The summed E-state index contributed by atoms with van der Waals surface area (Å²) >= 11 is 7.60. The lowest BCUT2D eigenvalue weighted by atomic mass is 10.2. The first-order valence-corrected chi connectivity index (χ1v) is 6.05. The lowest BCUT2D eigenvalue weighted by molar-refractivity contribution is 0.0781. The van der Waals surface area contributed by atoms with E-state index in [4.69, 9.17) is 6.42 Å². The maximum Gasteiger partial charge on any atom is 0.255 e. The third kappa shape index (κ3) is 3.03. The predicted octanol–water partition coefficient (Wildman–Crippen LogP) is 2.83. The van der Waals surface area contributed by atoms with Gasteiger partial charge in [0.25, 0.3) is 5.91 Å². The van der Waals surface area contributed by atoms with Gasteiger partial charge in [-0.1, -0.05) is 21.9 Å². The fraction of sp³-hybridized carbons (Fsp3) is 0.250. The van der Waals surface area contributed by atoms with Crippen molar-refractivity contribution in [1.82, 2.24) is 4.90 Å². The molecule has 1 aromatic carbocycles. The Balaban J connectivity index is 3.00. The van der Waals surface area contributed by atoms with Crippen LogP contribution in [0.25, 0.3) is 0 Å². The number of nitrogens with zero attached hydrogens (tertiary/aromatic N) is 1. The molecule has 0 aromatic heterocycles. The van der Waals surface area contributed by atoms with E-state index in [0.29, 0.717) is 23.5 Å². The molecule has 0 saturated carbocycles. The summed E-state index contributed by atoms with van der Waals surface area (Å²) in [5.41, 5.74) is 0.573. The van der Waals surface area contributed by atoms with Crippen molar-refractivity contribution in [2.75, 3.05) is 13.1 Å². The van der Waals surface area contributed by atoms with Crippen molar-refractivity contribution in [1.29, 1.82) is 0 Å². The number of carbonyl (C=O) groups excluding carboxylic acids is 1. The molecule has 0 atom stereocenters. The minimum atomic E-state index is -0.0852. The van der Waals surface area contributed by atoms with Gasteiger partial charge in [-0.3, -0.25) is 4.79 Å². The van der Waals surface area contributed by atoms with E-state index in [1.54, 1.807) is 17.0 Å². The molecule has 1 aromatic rings. The summed E-state index contributed by atoms with van der Waals surface area (Å²) in [5, 5.41) is 0. The molecule has 0 aliphatic rings. The van der Waals surface area contributed by atoms with Crippen molar-refractivity contribution >= 4 is 34.5 Å². The third-order valence-corrected chi connectivity index (χ3v) is 3.00. The Morgan fingerprint density at radius 3 is 2.81 bits per heavy atom. The zero-order valence-electron chi connectivity index (χ0n) is 8.90. The van der Waals surface area contributed by atoms with E-state index in [2.05, 4.69) is 34.5 Å². The molecule has 2 nitrogen and oxygen atoms in total. The monoisotopic (exact) mass is 297 g/mol. The van der Waals surface area contributed by atoms with Crippen molar-refractivity contribution in [2.45, 2.75) is 11.8 Å². The van der Waals surface area contributed by atoms with E-state index < -0.39 is 0 Å². The van der Waals surface area contributed by atoms with Crippen LogP contribution in [0.4, 0.5) is 0 Å². The molecule has 0 bridgehead atoms. The van der Waals surface area contributed by atoms with Gasteiger partial charge < -0.3 is 4.90 Å². The number of halogens is 1. The van der Waals surface area contributed by atoms with Gasteiger partial charge in [-0.25, -0.2) is 0 Å². The first kappa shape index (κ1) is 13.1. The van der Waals surface area contributed by atoms with E-state index in [-0.39, 0.29) is 5.91 Å². The lowest BCUT2D eigenvalue weighted by Gasteiger charge is -2.18. The fourth-order valence-corrected chi connectivity index (χ4v) is 2.14. The van der Waals surface area contributed by atoms with E-state index in [1.807, 2.05) is 13.0 Å². The Kier molecular flexibility index (Phi) is 4.91. The smallest absolute Gasteiger partial charge is 0.255 e. The maximum absolute atomic E-state index is 12.1. The molecule has 84 valence electrons. The fourth-order valence-electron chi connectivity index (χ4n) is 1.29. The van der Waals surface area contributed by atoms with Crippen LogP contribution in [0.3, 0.4) is 0 Å². The number of terminal acetylenes is 1. The van der Waals surface area contributed by atoms with Crippen LogP contribution in [0.15, 0.2) is 27.6 Å². The number of hydrogen-bond donors (Lipinski definition) is 1. The second-order valence-corrected chi connectivity index (χ2v) is 4.58. The third-order valence-electron chi connectivity index (χ3n) is 2.14. The molecule has 0 heterocycles. The number of rotatable bonds is 3. The minimum Gasteiger partial charge on any atom is -0.328 e. The molecular formula is C12H12BrNOS. The van der Waals surface area contributed by atoms with E-state index in [9.17, 15) is 4.79 Å². The second-order valence-electron chi connectivity index (χ2n) is 3.18. The van der Waals surface area contributed by atoms with Crippen LogP contribution >= 0.6 is 28.6 Å². The average molecular weight is 298 g/mol. The first-order chi connectivity index (χ1) is 7.60. The highest BCUT2D eigenvalue weighted by Gasteiger charge is 2.15. The summed E-state index contributed by atoms with van der Waals surface area (Å²) in [6.45, 7) is 2.80. The van der Waals surface area contributed by atoms with Crippen LogP contribution in [0.5, 0.6) is 0 Å². The number of benzene rings is 1. The normalized spacial score (nSPS) is 9.62. The van der Waals surface area contributed by atoms with Crippen molar-refractivity contribution < 1.29 is 4.79 Å². The molecule has 0 saturated heterocycles. The van der Waals surface area contributed by atoms with E-state index in [0.717, 1.165) is 4.47 Å². The summed E-state index contributed by atoms with van der Waals surface area (Å²) in [6.07, 6.45) is 5.21. The molecule has 0 fully saturated rings. The molecule has 0 aliphatic carbocycles. The Bertz CT molecular complexity index is 439. The molecule has 0 aliphatic heterocycles. The molecule has 1 rings (SSSR count). The van der Waals surface area contributed by atoms with Crippen LogP contribution in [-0.2, 0) is 0 Å². The predicted molar refractivity (Wildman–Crippen MR) is 71.8 cm³/mol. The van der Waals surface area contributed by atoms with Gasteiger partial charge in [0.05, 0.1) is 12.1 Å². The number of carbonyl (C=O) groups is 1. The molecule has 16 heavy (non-hydrogen) atoms. The van der Waals surface area contributed by atoms with Gasteiger partial charge >= 0.3 is 0 Å². The molecule has 0 unspecified atom stereocenters. The summed E-state index contributed by atoms with van der Waals surface area (Å²) in [6, 6.07) is 5.35. The molecule has 1 amide bonds. The zero-order chi connectivity index (χ0) is 12.1. The number of amides is 1. The number of thiol groups is 1. The second kappa shape index (κ2) is 5.97. The van der Waals surface area contributed by atoms with Gasteiger partial charge in [0, 0.05) is 15.9 Å². The Morgan fingerprint density at radius 2 is 2.31 bits per heavy atom. The summed E-state index contributed by atoms with van der Waals surface area (Å²) in [4.78, 5) is 14.3. The topological polar surface area (TPSA) is 20.3 Å². The molecule has 0 radical (unpaired) electrons. The van der Waals surface area contributed by atoms with Crippen LogP contribution < -0.4 is 0 Å². The standard InChI is InChI=1S/C12H12BrNOS/c1-3-7-14(4-2)12(15)10-6-5-9(13)8-11(10)16/h1,5-6,8,16H,4,7H2,2H3. The minimum absolute atomic E-state index is 0.0852. The van der Waals surface area contributed by atoms with Crippen molar-refractivity contribution in [3.05, 3.63) is 28.2 Å². The van der Waals surface area contributed by atoms with E-state index in [1.165, 1.54) is 0 Å². The first-order valence-electron chi connectivity index (χ1n) is 4.81.